The first kappa shape index (κ1) is 21.6. The molecule has 1 aromatic carbocycles. The highest BCUT2D eigenvalue weighted by Gasteiger charge is 2.32. The topological polar surface area (TPSA) is 56.7 Å². The number of nitrogens with zero attached hydrogens (tertiary/aromatic N) is 2. The second-order valence-corrected chi connectivity index (χ2v) is 9.07. The van der Waals surface area contributed by atoms with Gasteiger partial charge in [0, 0.05) is 44.1 Å². The number of halogens is 1. The zero-order chi connectivity index (χ0) is 20.9. The molecule has 160 valence electrons. The molecule has 0 aromatic heterocycles. The Morgan fingerprint density at radius 2 is 2.00 bits per heavy atom. The lowest BCUT2D eigenvalue weighted by atomic mass is 9.84. The molecule has 2 N–H and O–H groups in total. The van der Waals surface area contributed by atoms with Crippen molar-refractivity contribution in [3.05, 3.63) is 35.6 Å². The quantitative estimate of drug-likeness (QED) is 0.586. The maximum atomic E-state index is 13.6. The molecule has 1 unspecified atom stereocenters. The number of rotatable bonds is 5. The number of carbonyl (C=O) groups excluding carboxylic acids is 1. The molecule has 1 aromatic rings. The summed E-state index contributed by atoms with van der Waals surface area (Å²) in [5, 5.41) is 6.83. The third-order valence-electron chi connectivity index (χ3n) is 6.32. The van der Waals surface area contributed by atoms with Crippen molar-refractivity contribution in [2.75, 3.05) is 26.7 Å². The van der Waals surface area contributed by atoms with E-state index in [9.17, 15) is 9.18 Å². The van der Waals surface area contributed by atoms with E-state index in [1.54, 1.807) is 19.2 Å². The maximum absolute atomic E-state index is 13.6. The minimum atomic E-state index is -0.238. The minimum Gasteiger partial charge on any atom is -0.356 e. The number of likely N-dealkylation sites (tertiary alicyclic amines) is 1. The highest BCUT2D eigenvalue weighted by molar-refractivity contribution is 5.81. The Balaban J connectivity index is 1.49. The lowest BCUT2D eigenvalue weighted by molar-refractivity contribution is -0.135. The molecule has 1 saturated heterocycles. The first-order valence-electron chi connectivity index (χ1n) is 10.9. The molecule has 29 heavy (non-hydrogen) atoms. The van der Waals surface area contributed by atoms with Crippen LogP contribution in [0.1, 0.15) is 57.9 Å². The third kappa shape index (κ3) is 5.71. The van der Waals surface area contributed by atoms with E-state index >= 15 is 0 Å². The summed E-state index contributed by atoms with van der Waals surface area (Å²) >= 11 is 0. The zero-order valence-corrected chi connectivity index (χ0v) is 18.0. The summed E-state index contributed by atoms with van der Waals surface area (Å²) in [6, 6.07) is 6.96. The molecule has 1 saturated carbocycles. The van der Waals surface area contributed by atoms with Gasteiger partial charge in [0.15, 0.2) is 5.96 Å². The number of nitrogens with one attached hydrogen (secondary N) is 2. The first-order chi connectivity index (χ1) is 13.9. The summed E-state index contributed by atoms with van der Waals surface area (Å²) in [5.74, 6) is 1.08. The van der Waals surface area contributed by atoms with E-state index in [2.05, 4.69) is 29.5 Å². The molecule has 6 heteroatoms. The Morgan fingerprint density at radius 1 is 1.24 bits per heavy atom. The van der Waals surface area contributed by atoms with Crippen molar-refractivity contribution >= 4 is 11.9 Å². The van der Waals surface area contributed by atoms with Gasteiger partial charge in [0.2, 0.25) is 5.91 Å². The number of carbonyl (C=O) groups is 1. The number of aliphatic imine (C=N–C) groups is 1. The monoisotopic (exact) mass is 402 g/mol. The molecular formula is C23H35FN4O. The Bertz CT molecular complexity index is 727. The Labute approximate surface area is 174 Å². The SMILES string of the molecule is CN=C(NCC(C)(C)c1cccc(F)c1)NC1CCN(C(=O)C2CCCCC2)C1. The van der Waals surface area contributed by atoms with Crippen LogP contribution in [0, 0.1) is 11.7 Å². The van der Waals surface area contributed by atoms with E-state index in [-0.39, 0.29) is 23.2 Å². The van der Waals surface area contributed by atoms with E-state index in [4.69, 9.17) is 0 Å². The van der Waals surface area contributed by atoms with Crippen LogP contribution in [0.4, 0.5) is 4.39 Å². The fourth-order valence-electron chi connectivity index (χ4n) is 4.39. The molecule has 0 bridgehead atoms. The molecule has 2 aliphatic rings. The number of benzene rings is 1. The van der Waals surface area contributed by atoms with Crippen molar-refractivity contribution in [1.82, 2.24) is 15.5 Å². The average Bonchev–Trinajstić information content (AvgIpc) is 3.19. The van der Waals surface area contributed by atoms with Gasteiger partial charge in [0.1, 0.15) is 5.82 Å². The van der Waals surface area contributed by atoms with E-state index in [1.165, 1.54) is 25.3 Å². The molecular weight excluding hydrogens is 367 g/mol. The fraction of sp³-hybridized carbons (Fsp3) is 0.652. The second kappa shape index (κ2) is 9.59. The van der Waals surface area contributed by atoms with E-state index in [0.717, 1.165) is 43.9 Å². The van der Waals surface area contributed by atoms with Crippen molar-refractivity contribution in [1.29, 1.82) is 0 Å². The number of hydrogen-bond donors (Lipinski definition) is 2. The van der Waals surface area contributed by atoms with Gasteiger partial charge < -0.3 is 15.5 Å². The Morgan fingerprint density at radius 3 is 2.69 bits per heavy atom. The molecule has 1 heterocycles. The largest absolute Gasteiger partial charge is 0.356 e. The number of amides is 1. The van der Waals surface area contributed by atoms with Crippen LogP contribution in [0.25, 0.3) is 0 Å². The van der Waals surface area contributed by atoms with E-state index < -0.39 is 0 Å². The van der Waals surface area contributed by atoms with Crippen LogP contribution in [0.3, 0.4) is 0 Å². The lowest BCUT2D eigenvalue weighted by Gasteiger charge is -2.28. The summed E-state index contributed by atoms with van der Waals surface area (Å²) in [4.78, 5) is 19.1. The lowest BCUT2D eigenvalue weighted by Crippen LogP contribution is -2.48. The zero-order valence-electron chi connectivity index (χ0n) is 18.0. The van der Waals surface area contributed by atoms with Crippen LogP contribution in [0.15, 0.2) is 29.3 Å². The number of hydrogen-bond acceptors (Lipinski definition) is 2. The van der Waals surface area contributed by atoms with Crippen LogP contribution < -0.4 is 10.6 Å². The standard InChI is InChI=1S/C23H35FN4O/c1-23(2,18-10-7-11-19(24)14-18)16-26-22(25-3)27-20-12-13-28(15-20)21(29)17-8-5-4-6-9-17/h7,10-11,14,17,20H,4-6,8-9,12-13,15-16H2,1-3H3,(H2,25,26,27). The molecule has 1 aliphatic carbocycles. The van der Waals surface area contributed by atoms with Gasteiger partial charge in [-0.1, -0.05) is 45.2 Å². The summed E-state index contributed by atoms with van der Waals surface area (Å²) in [6.45, 7) is 6.36. The van der Waals surface area contributed by atoms with Crippen molar-refractivity contribution in [2.24, 2.45) is 10.9 Å². The van der Waals surface area contributed by atoms with E-state index in [1.807, 2.05) is 11.0 Å². The van der Waals surface area contributed by atoms with Crippen LogP contribution in [-0.4, -0.2) is 49.5 Å². The van der Waals surface area contributed by atoms with Crippen LogP contribution in [0.5, 0.6) is 0 Å². The molecule has 0 spiro atoms. The maximum Gasteiger partial charge on any atom is 0.225 e. The third-order valence-corrected chi connectivity index (χ3v) is 6.32. The van der Waals surface area contributed by atoms with Gasteiger partial charge in [-0.2, -0.15) is 0 Å². The molecule has 1 atom stereocenters. The van der Waals surface area contributed by atoms with Gasteiger partial charge >= 0.3 is 0 Å². The molecule has 5 nitrogen and oxygen atoms in total. The first-order valence-corrected chi connectivity index (χ1v) is 10.9. The van der Waals surface area contributed by atoms with Gasteiger partial charge in [0.25, 0.3) is 0 Å². The van der Waals surface area contributed by atoms with Crippen molar-refractivity contribution < 1.29 is 9.18 Å². The summed E-state index contributed by atoms with van der Waals surface area (Å²) in [5.41, 5.74) is 0.712. The van der Waals surface area contributed by atoms with Gasteiger partial charge in [-0.25, -0.2) is 4.39 Å². The van der Waals surface area contributed by atoms with Crippen molar-refractivity contribution in [3.8, 4) is 0 Å². The predicted molar refractivity (Wildman–Crippen MR) is 115 cm³/mol. The summed E-state index contributed by atoms with van der Waals surface area (Å²) < 4.78 is 13.6. The van der Waals surface area contributed by atoms with Gasteiger partial charge in [-0.05, 0) is 37.0 Å². The second-order valence-electron chi connectivity index (χ2n) is 9.07. The molecule has 2 fully saturated rings. The molecule has 0 radical (unpaired) electrons. The highest BCUT2D eigenvalue weighted by atomic mass is 19.1. The minimum absolute atomic E-state index is 0.214. The van der Waals surface area contributed by atoms with Crippen LogP contribution in [0.2, 0.25) is 0 Å². The fourth-order valence-corrected chi connectivity index (χ4v) is 4.39. The smallest absolute Gasteiger partial charge is 0.225 e. The van der Waals surface area contributed by atoms with Crippen molar-refractivity contribution in [3.63, 3.8) is 0 Å². The normalized spacial score (nSPS) is 21.3. The van der Waals surface area contributed by atoms with Gasteiger partial charge in [-0.15, -0.1) is 0 Å². The highest BCUT2D eigenvalue weighted by Crippen LogP contribution is 2.27. The summed E-state index contributed by atoms with van der Waals surface area (Å²) in [6.07, 6.45) is 6.67. The molecule has 1 aliphatic heterocycles. The molecule has 3 rings (SSSR count). The predicted octanol–water partition coefficient (Wildman–Crippen LogP) is 3.45. The molecule has 1 amide bonds. The van der Waals surface area contributed by atoms with Gasteiger partial charge in [-0.3, -0.25) is 9.79 Å². The Kier molecular flexibility index (Phi) is 7.14. The van der Waals surface area contributed by atoms with Crippen molar-refractivity contribution in [2.45, 2.75) is 63.8 Å². The van der Waals surface area contributed by atoms with Crippen LogP contribution >= 0.6 is 0 Å². The summed E-state index contributed by atoms with van der Waals surface area (Å²) in [7, 11) is 1.75. The Hall–Kier alpha value is -2.11. The van der Waals surface area contributed by atoms with E-state index in [0.29, 0.717) is 12.5 Å². The van der Waals surface area contributed by atoms with Gasteiger partial charge in [0.05, 0.1) is 0 Å². The van der Waals surface area contributed by atoms with Crippen LogP contribution in [-0.2, 0) is 10.2 Å². The average molecular weight is 403 g/mol. The number of guanidine groups is 1.